The quantitative estimate of drug-likeness (QED) is 0.423. The van der Waals surface area contributed by atoms with Gasteiger partial charge >= 0.3 is 0 Å². The molecule has 5 nitrogen and oxygen atoms in total. The zero-order chi connectivity index (χ0) is 20.2. The molecule has 1 unspecified atom stereocenters. The molecule has 0 aliphatic heterocycles. The van der Waals surface area contributed by atoms with Crippen LogP contribution in [0.25, 0.3) is 10.8 Å². The summed E-state index contributed by atoms with van der Waals surface area (Å²) in [6, 6.07) is 12.9. The van der Waals surface area contributed by atoms with E-state index in [1.807, 2.05) is 63.2 Å². The highest BCUT2D eigenvalue weighted by Crippen LogP contribution is 2.31. The van der Waals surface area contributed by atoms with Crippen LogP contribution in [-0.2, 0) is 16.2 Å². The molecule has 0 aliphatic rings. The number of rotatable bonds is 7. The van der Waals surface area contributed by atoms with E-state index in [0.717, 1.165) is 17.2 Å². The molecule has 0 spiro atoms. The Morgan fingerprint density at radius 2 is 1.81 bits per heavy atom. The van der Waals surface area contributed by atoms with E-state index in [2.05, 4.69) is 13.8 Å². The third-order valence-corrected chi connectivity index (χ3v) is 6.01. The summed E-state index contributed by atoms with van der Waals surface area (Å²) in [5.41, 5.74) is 1.26. The van der Waals surface area contributed by atoms with Crippen molar-refractivity contribution in [2.75, 3.05) is 6.54 Å². The molecule has 148 valence electrons. The van der Waals surface area contributed by atoms with Crippen LogP contribution in [0.1, 0.15) is 41.0 Å². The van der Waals surface area contributed by atoms with Crippen molar-refractivity contribution < 1.29 is 14.6 Å². The predicted molar refractivity (Wildman–Crippen MR) is 110 cm³/mol. The molecule has 0 saturated carbocycles. The highest BCUT2D eigenvalue weighted by molar-refractivity contribution is 7.89. The Morgan fingerprint density at radius 1 is 1.19 bits per heavy atom. The van der Waals surface area contributed by atoms with Crippen molar-refractivity contribution in [3.8, 4) is 0 Å². The molecular weight excluding hydrogens is 360 g/mol. The fraction of sp³-hybridized carbons (Fsp3) is 0.476. The number of benzene rings is 2. The normalized spacial score (nSPS) is 14.6. The van der Waals surface area contributed by atoms with Gasteiger partial charge in [-0.1, -0.05) is 58.9 Å². The number of hydrogen-bond acceptors (Lipinski definition) is 4. The number of nitrogens with zero attached hydrogens (tertiary/aromatic N) is 1. The molecular formula is C21H30N2O3S. The molecule has 1 amide bonds. The fourth-order valence-electron chi connectivity index (χ4n) is 3.12. The van der Waals surface area contributed by atoms with Crippen LogP contribution >= 0.6 is 0 Å². The highest BCUT2D eigenvalue weighted by atomic mass is 32.2. The lowest BCUT2D eigenvalue weighted by Crippen LogP contribution is -2.55. The predicted octanol–water partition coefficient (Wildman–Crippen LogP) is 4.13. The molecule has 2 aromatic carbocycles. The van der Waals surface area contributed by atoms with E-state index in [1.165, 1.54) is 0 Å². The summed E-state index contributed by atoms with van der Waals surface area (Å²) in [6.45, 7) is 10.4. The molecule has 0 fully saturated rings. The maximum atomic E-state index is 13.5. The molecule has 0 aliphatic carbocycles. The zero-order valence-corrected chi connectivity index (χ0v) is 17.5. The monoisotopic (exact) mass is 390 g/mol. The van der Waals surface area contributed by atoms with Gasteiger partial charge in [0.05, 0.1) is 11.4 Å². The van der Waals surface area contributed by atoms with Gasteiger partial charge in [0.15, 0.2) is 4.90 Å². The molecule has 2 rings (SSSR count). The Morgan fingerprint density at radius 3 is 2.37 bits per heavy atom. The second-order valence-electron chi connectivity index (χ2n) is 8.33. The van der Waals surface area contributed by atoms with E-state index < -0.39 is 28.7 Å². The fourth-order valence-corrected chi connectivity index (χ4v) is 4.68. The van der Waals surface area contributed by atoms with Crippen molar-refractivity contribution in [3.63, 3.8) is 0 Å². The number of hydroxylamine groups is 1. The summed E-state index contributed by atoms with van der Waals surface area (Å²) in [5, 5.41) is 11.3. The summed E-state index contributed by atoms with van der Waals surface area (Å²) in [6.07, 6.45) is 0.796. The van der Waals surface area contributed by atoms with Crippen molar-refractivity contribution in [2.45, 2.75) is 52.0 Å². The van der Waals surface area contributed by atoms with Gasteiger partial charge < -0.3 is 4.55 Å². The topological polar surface area (TPSA) is 75.6 Å². The summed E-state index contributed by atoms with van der Waals surface area (Å²) < 4.78 is 15.2. The van der Waals surface area contributed by atoms with E-state index in [9.17, 15) is 14.6 Å². The first-order valence-electron chi connectivity index (χ1n) is 9.26. The second-order valence-corrected chi connectivity index (χ2v) is 9.76. The maximum Gasteiger partial charge on any atom is 0.265 e. The smallest absolute Gasteiger partial charge is 0.265 e. The van der Waals surface area contributed by atoms with E-state index in [1.54, 1.807) is 9.79 Å². The van der Waals surface area contributed by atoms with Gasteiger partial charge in [0, 0.05) is 12.6 Å². The molecule has 2 N–H and O–H groups in total. The number of carbonyl (C=O) groups is 1. The second kappa shape index (κ2) is 9.06. The highest BCUT2D eigenvalue weighted by Gasteiger charge is 2.43. The number of carbonyl (C=O) groups excluding carboxylic acids is 1. The molecule has 0 radical (unpaired) electrons. The first-order chi connectivity index (χ1) is 12.6. The van der Waals surface area contributed by atoms with Crippen LogP contribution in [0.15, 0.2) is 47.4 Å². The molecule has 0 saturated heterocycles. The number of fused-ring (bicyclic) bond motifs is 1. The Balaban J connectivity index is 2.44. The molecule has 27 heavy (non-hydrogen) atoms. The lowest BCUT2D eigenvalue weighted by atomic mass is 9.86. The molecule has 0 aromatic heterocycles. The van der Waals surface area contributed by atoms with Gasteiger partial charge in [-0.3, -0.25) is 10.0 Å². The largest absolute Gasteiger partial charge is 0.593 e. The number of nitrogens with one attached hydrogen (secondary N) is 1. The van der Waals surface area contributed by atoms with Crippen LogP contribution in [0.5, 0.6) is 0 Å². The zero-order valence-electron chi connectivity index (χ0n) is 16.7. The van der Waals surface area contributed by atoms with Crippen molar-refractivity contribution >= 4 is 28.0 Å². The molecule has 2 aromatic rings. The SMILES string of the molecule is CC(C)CCN([C@@H](C(=O)NO)C(C)(C)C)[S+]([O-])c1ccc2ccccc2c1. The Bertz CT molecular complexity index is 773. The third-order valence-electron chi connectivity index (χ3n) is 4.53. The summed E-state index contributed by atoms with van der Waals surface area (Å²) in [7, 11) is 0. The minimum Gasteiger partial charge on any atom is -0.593 e. The summed E-state index contributed by atoms with van der Waals surface area (Å²) in [4.78, 5) is 13.1. The van der Waals surface area contributed by atoms with Crippen molar-refractivity contribution in [1.82, 2.24) is 9.79 Å². The van der Waals surface area contributed by atoms with Gasteiger partial charge in [-0.05, 0) is 40.7 Å². The molecule has 0 bridgehead atoms. The Labute approximate surface area is 165 Å². The van der Waals surface area contributed by atoms with Crippen LogP contribution < -0.4 is 5.48 Å². The average Bonchev–Trinajstić information content (AvgIpc) is 2.62. The Kier molecular flexibility index (Phi) is 7.28. The van der Waals surface area contributed by atoms with Crippen molar-refractivity contribution in [1.29, 1.82) is 0 Å². The van der Waals surface area contributed by atoms with E-state index in [-0.39, 0.29) is 0 Å². The third kappa shape index (κ3) is 5.45. The van der Waals surface area contributed by atoms with E-state index in [0.29, 0.717) is 17.4 Å². The standard InChI is InChI=1S/C21H30N2O3S/c1-15(2)12-13-23(19(20(24)22-25)21(3,4)5)27(26)18-11-10-16-8-6-7-9-17(16)14-18/h6-11,14-15,19,25H,12-13H2,1-5H3,(H,22,24)/t19-,27?/m0/s1. The van der Waals surface area contributed by atoms with E-state index in [4.69, 9.17) is 0 Å². The minimum absolute atomic E-state index is 0.402. The summed E-state index contributed by atoms with van der Waals surface area (Å²) in [5.74, 6) is -0.140. The maximum absolute atomic E-state index is 13.5. The number of hydrogen-bond donors (Lipinski definition) is 2. The lowest BCUT2D eigenvalue weighted by Gasteiger charge is -2.37. The Hall–Kier alpha value is -1.60. The first-order valence-corrected chi connectivity index (χ1v) is 10.4. The van der Waals surface area contributed by atoms with E-state index >= 15 is 0 Å². The van der Waals surface area contributed by atoms with Gasteiger partial charge in [-0.15, -0.1) is 4.31 Å². The van der Waals surface area contributed by atoms with Gasteiger partial charge in [0.2, 0.25) is 0 Å². The molecule has 0 heterocycles. The van der Waals surface area contributed by atoms with Crippen LogP contribution in [0.3, 0.4) is 0 Å². The first kappa shape index (κ1) is 21.7. The van der Waals surface area contributed by atoms with Crippen LogP contribution in [0.2, 0.25) is 0 Å². The summed E-state index contributed by atoms with van der Waals surface area (Å²) >= 11 is -1.53. The van der Waals surface area contributed by atoms with Crippen molar-refractivity contribution in [2.24, 2.45) is 11.3 Å². The van der Waals surface area contributed by atoms with Gasteiger partial charge in [0.25, 0.3) is 5.91 Å². The minimum atomic E-state index is -1.53. The van der Waals surface area contributed by atoms with Gasteiger partial charge in [-0.2, -0.15) is 0 Å². The van der Waals surface area contributed by atoms with Crippen LogP contribution in [0.4, 0.5) is 0 Å². The van der Waals surface area contributed by atoms with Crippen LogP contribution in [0, 0.1) is 11.3 Å². The molecule has 6 heteroatoms. The molecule has 2 atom stereocenters. The average molecular weight is 391 g/mol. The van der Waals surface area contributed by atoms with Gasteiger partial charge in [0.1, 0.15) is 6.04 Å². The van der Waals surface area contributed by atoms with Gasteiger partial charge in [-0.25, -0.2) is 5.48 Å². The van der Waals surface area contributed by atoms with Crippen LogP contribution in [-0.4, -0.2) is 32.6 Å². The lowest BCUT2D eigenvalue weighted by molar-refractivity contribution is -0.136. The number of amides is 1. The van der Waals surface area contributed by atoms with Crippen molar-refractivity contribution in [3.05, 3.63) is 42.5 Å².